The predicted molar refractivity (Wildman–Crippen MR) is 81.9 cm³/mol. The summed E-state index contributed by atoms with van der Waals surface area (Å²) >= 11 is 0. The number of halogens is 2. The first-order chi connectivity index (χ1) is 10.4. The van der Waals surface area contributed by atoms with E-state index in [-0.39, 0.29) is 18.9 Å². The molecule has 0 amide bonds. The van der Waals surface area contributed by atoms with Crippen LogP contribution >= 0.6 is 0 Å². The molecule has 1 heterocycles. The van der Waals surface area contributed by atoms with Crippen molar-refractivity contribution in [3.63, 3.8) is 0 Å². The first kappa shape index (κ1) is 16.5. The van der Waals surface area contributed by atoms with E-state index < -0.39 is 5.92 Å². The molecule has 0 atom stereocenters. The fraction of sp³-hybridized carbons (Fsp3) is 0.562. The van der Waals surface area contributed by atoms with E-state index in [2.05, 4.69) is 29.3 Å². The fourth-order valence-electron chi connectivity index (χ4n) is 2.17. The molecule has 0 saturated heterocycles. The summed E-state index contributed by atoms with van der Waals surface area (Å²) in [7, 11) is 0. The molecule has 22 heavy (non-hydrogen) atoms. The smallest absolute Gasteiger partial charge is 0.207 e. The number of alkyl halides is 2. The second kappa shape index (κ2) is 6.50. The molecule has 6 heteroatoms. The quantitative estimate of drug-likeness (QED) is 0.828. The second-order valence-corrected chi connectivity index (χ2v) is 5.86. The van der Waals surface area contributed by atoms with Gasteiger partial charge in [0.15, 0.2) is 0 Å². The second-order valence-electron chi connectivity index (χ2n) is 5.86. The Morgan fingerprint density at radius 3 is 2.36 bits per heavy atom. The van der Waals surface area contributed by atoms with E-state index in [1.165, 1.54) is 16.8 Å². The third kappa shape index (κ3) is 3.67. The molecule has 1 saturated carbocycles. The van der Waals surface area contributed by atoms with Gasteiger partial charge in [-0.2, -0.15) is 4.80 Å². The monoisotopic (exact) mass is 308 g/mol. The lowest BCUT2D eigenvalue weighted by Crippen LogP contribution is -2.38. The van der Waals surface area contributed by atoms with Crippen LogP contribution in [0.3, 0.4) is 0 Å². The fourth-order valence-corrected chi connectivity index (χ4v) is 2.17. The summed E-state index contributed by atoms with van der Waals surface area (Å²) in [6.45, 7) is 8.29. The van der Waals surface area contributed by atoms with Crippen molar-refractivity contribution in [2.24, 2.45) is 0 Å². The minimum atomic E-state index is -2.57. The normalized spacial score (nSPS) is 16.6. The van der Waals surface area contributed by atoms with E-state index in [0.717, 1.165) is 11.1 Å². The van der Waals surface area contributed by atoms with Crippen LogP contribution in [0.5, 0.6) is 0 Å². The van der Waals surface area contributed by atoms with Gasteiger partial charge in [-0.3, -0.25) is 0 Å². The summed E-state index contributed by atoms with van der Waals surface area (Å²) in [4.78, 5) is 1.31. The predicted octanol–water partition coefficient (Wildman–Crippen LogP) is 4.34. The van der Waals surface area contributed by atoms with Gasteiger partial charge in [-0.1, -0.05) is 32.4 Å². The molecule has 4 nitrogen and oxygen atoms in total. The number of aryl methyl sites for hydroxylation is 2. The van der Waals surface area contributed by atoms with Crippen LogP contribution in [0, 0.1) is 13.8 Å². The summed E-state index contributed by atoms with van der Waals surface area (Å²) in [6, 6.07) is 5.55. The summed E-state index contributed by atoms with van der Waals surface area (Å²) < 4.78 is 25.6. The van der Waals surface area contributed by atoms with Crippen molar-refractivity contribution in [2.75, 3.05) is 0 Å². The van der Waals surface area contributed by atoms with Crippen molar-refractivity contribution >= 4 is 0 Å². The number of hydrogen-bond acceptors (Lipinski definition) is 3. The van der Waals surface area contributed by atoms with E-state index >= 15 is 0 Å². The third-order valence-electron chi connectivity index (χ3n) is 3.59. The van der Waals surface area contributed by atoms with Crippen molar-refractivity contribution in [3.05, 3.63) is 29.3 Å². The lowest BCUT2D eigenvalue weighted by Gasteiger charge is -2.33. The van der Waals surface area contributed by atoms with E-state index in [4.69, 9.17) is 0 Å². The van der Waals surface area contributed by atoms with Crippen molar-refractivity contribution in [3.8, 4) is 11.4 Å². The zero-order chi connectivity index (χ0) is 16.3. The molecule has 1 aliphatic rings. The molecule has 0 spiro atoms. The van der Waals surface area contributed by atoms with Crippen LogP contribution in [-0.4, -0.2) is 26.1 Å². The standard InChI is InChI=1S/C13H14F2N4.C3H8/c1-8-3-4-10(5-9(8)2)12-16-18-19(17-12)11-6-13(14,15)7-11;1-3-2/h3-5,11H,6-7H2,1-2H3;3H2,1-2H3. The molecule has 2 aromatic rings. The van der Waals surface area contributed by atoms with Gasteiger partial charge in [0.2, 0.25) is 5.82 Å². The van der Waals surface area contributed by atoms with E-state index in [1.807, 2.05) is 32.0 Å². The highest BCUT2D eigenvalue weighted by Crippen LogP contribution is 2.44. The Kier molecular flexibility index (Phi) is 4.88. The van der Waals surface area contributed by atoms with E-state index in [1.54, 1.807) is 0 Å². The largest absolute Gasteiger partial charge is 0.252 e. The average molecular weight is 308 g/mol. The van der Waals surface area contributed by atoms with Crippen molar-refractivity contribution in [2.45, 2.75) is 58.9 Å². The molecule has 3 rings (SSSR count). The lowest BCUT2D eigenvalue weighted by atomic mass is 9.89. The van der Waals surface area contributed by atoms with Gasteiger partial charge in [0.1, 0.15) is 0 Å². The number of benzene rings is 1. The Hall–Kier alpha value is -1.85. The maximum absolute atomic E-state index is 12.8. The number of rotatable bonds is 2. The Morgan fingerprint density at radius 1 is 1.18 bits per heavy atom. The SMILES string of the molecule is CCC.Cc1ccc(-c2nnn(C3CC(F)(F)C3)n2)cc1C. The molecule has 1 aromatic heterocycles. The maximum atomic E-state index is 12.8. The first-order valence-corrected chi connectivity index (χ1v) is 7.61. The van der Waals surface area contributed by atoms with Gasteiger partial charge in [-0.05, 0) is 36.3 Å². The summed E-state index contributed by atoms with van der Waals surface area (Å²) in [5, 5.41) is 12.0. The molecule has 120 valence electrons. The minimum Gasteiger partial charge on any atom is -0.207 e. The zero-order valence-corrected chi connectivity index (χ0v) is 13.5. The number of hydrogen-bond donors (Lipinski definition) is 0. The summed E-state index contributed by atoms with van der Waals surface area (Å²) in [6.07, 6.45) is 0.853. The molecule has 0 radical (unpaired) electrons. The van der Waals surface area contributed by atoms with E-state index in [9.17, 15) is 8.78 Å². The Balaban J connectivity index is 0.000000545. The molecular formula is C16H22F2N4. The molecule has 1 fully saturated rings. The maximum Gasteiger partial charge on any atom is 0.252 e. The van der Waals surface area contributed by atoms with Crippen molar-refractivity contribution in [1.29, 1.82) is 0 Å². The van der Waals surface area contributed by atoms with Gasteiger partial charge in [0, 0.05) is 18.4 Å². The van der Waals surface area contributed by atoms with Gasteiger partial charge < -0.3 is 0 Å². The first-order valence-electron chi connectivity index (χ1n) is 7.61. The van der Waals surface area contributed by atoms with Crippen LogP contribution in [0.4, 0.5) is 8.78 Å². The zero-order valence-electron chi connectivity index (χ0n) is 13.5. The minimum absolute atomic E-state index is 0.199. The Morgan fingerprint density at radius 2 is 1.82 bits per heavy atom. The van der Waals surface area contributed by atoms with Crippen molar-refractivity contribution in [1.82, 2.24) is 20.2 Å². The number of aromatic nitrogens is 4. The van der Waals surface area contributed by atoms with Crippen LogP contribution in [0.2, 0.25) is 0 Å². The highest BCUT2D eigenvalue weighted by molar-refractivity contribution is 5.56. The average Bonchev–Trinajstić information content (AvgIpc) is 2.89. The van der Waals surface area contributed by atoms with Gasteiger partial charge in [0.05, 0.1) is 6.04 Å². The molecule has 0 N–H and O–H groups in total. The third-order valence-corrected chi connectivity index (χ3v) is 3.59. The van der Waals surface area contributed by atoms with Gasteiger partial charge in [-0.15, -0.1) is 10.2 Å². The van der Waals surface area contributed by atoms with Crippen molar-refractivity contribution < 1.29 is 8.78 Å². The number of tetrazole rings is 1. The lowest BCUT2D eigenvalue weighted by molar-refractivity contribution is -0.110. The Bertz CT molecular complexity index is 629. The summed E-state index contributed by atoms with van der Waals surface area (Å²) in [5.74, 6) is -2.09. The molecular weight excluding hydrogens is 286 g/mol. The van der Waals surface area contributed by atoms with Crippen LogP contribution in [0.15, 0.2) is 18.2 Å². The molecule has 0 bridgehead atoms. The topological polar surface area (TPSA) is 43.6 Å². The summed E-state index contributed by atoms with van der Waals surface area (Å²) in [5.41, 5.74) is 3.19. The van der Waals surface area contributed by atoms with Crippen LogP contribution in [0.25, 0.3) is 11.4 Å². The van der Waals surface area contributed by atoms with E-state index in [0.29, 0.717) is 5.82 Å². The highest BCUT2D eigenvalue weighted by Gasteiger charge is 2.47. The van der Waals surface area contributed by atoms with Crippen LogP contribution in [0.1, 0.15) is 50.3 Å². The number of nitrogens with zero attached hydrogens (tertiary/aromatic N) is 4. The van der Waals surface area contributed by atoms with Gasteiger partial charge >= 0.3 is 0 Å². The van der Waals surface area contributed by atoms with Crippen LogP contribution < -0.4 is 0 Å². The molecule has 0 aliphatic heterocycles. The van der Waals surface area contributed by atoms with Gasteiger partial charge in [0.25, 0.3) is 5.92 Å². The highest BCUT2D eigenvalue weighted by atomic mass is 19.3. The molecule has 1 aliphatic carbocycles. The van der Waals surface area contributed by atoms with Gasteiger partial charge in [-0.25, -0.2) is 8.78 Å². The van der Waals surface area contributed by atoms with Crippen LogP contribution in [-0.2, 0) is 0 Å². The molecule has 1 aromatic carbocycles. The Labute approximate surface area is 129 Å². The molecule has 0 unspecified atom stereocenters.